The van der Waals surface area contributed by atoms with Crippen LogP contribution in [0, 0.1) is 0 Å². The molecule has 0 aromatic carbocycles. The molecule has 0 fully saturated rings. The van der Waals surface area contributed by atoms with E-state index in [0.717, 1.165) is 12.8 Å². The van der Waals surface area contributed by atoms with Crippen LogP contribution in [0.1, 0.15) is 34.6 Å². The maximum Gasteiger partial charge on any atom is 0.139 e. The third kappa shape index (κ3) is 2.62. The first-order chi connectivity index (χ1) is 4.95. The quantitative estimate of drug-likeness (QED) is 0.579. The molecule has 0 atom stereocenters. The van der Waals surface area contributed by atoms with E-state index < -0.39 is 0 Å². The number of rotatable bonds is 4. The van der Waals surface area contributed by atoms with Crippen LogP contribution in [0.5, 0.6) is 0 Å². The minimum atomic E-state index is -0.317. The third-order valence-electron chi connectivity index (χ3n) is 1.99. The molecule has 0 heterocycles. The summed E-state index contributed by atoms with van der Waals surface area (Å²) in [6.45, 7) is 11.1. The van der Waals surface area contributed by atoms with Crippen molar-refractivity contribution >= 4 is 6.29 Å². The van der Waals surface area contributed by atoms with Crippen molar-refractivity contribution in [3.8, 4) is 0 Å². The zero-order chi connectivity index (χ0) is 9.07. The molecule has 2 nitrogen and oxygen atoms in total. The standard InChI is InChI=1S/C9H19NO/c1-6-10(8(2)3)9(4,5)7-11/h7-8H,6H2,1-5H3. The van der Waals surface area contributed by atoms with Gasteiger partial charge in [0.25, 0.3) is 0 Å². The zero-order valence-corrected chi connectivity index (χ0v) is 8.22. The van der Waals surface area contributed by atoms with Crippen LogP contribution in [0.4, 0.5) is 0 Å². The molecule has 0 saturated heterocycles. The molecule has 66 valence electrons. The molecule has 0 radical (unpaired) electrons. The van der Waals surface area contributed by atoms with E-state index in [1.807, 2.05) is 13.8 Å². The molecule has 2 heteroatoms. The van der Waals surface area contributed by atoms with Crippen LogP contribution in [0.15, 0.2) is 0 Å². The van der Waals surface area contributed by atoms with Gasteiger partial charge in [0.15, 0.2) is 0 Å². The smallest absolute Gasteiger partial charge is 0.139 e. The van der Waals surface area contributed by atoms with Gasteiger partial charge >= 0.3 is 0 Å². The van der Waals surface area contributed by atoms with Crippen LogP contribution < -0.4 is 0 Å². The first kappa shape index (κ1) is 10.6. The fourth-order valence-electron chi connectivity index (χ4n) is 1.51. The fourth-order valence-corrected chi connectivity index (χ4v) is 1.51. The Morgan fingerprint density at radius 2 is 1.91 bits per heavy atom. The van der Waals surface area contributed by atoms with Gasteiger partial charge in [0, 0.05) is 6.04 Å². The first-order valence-corrected chi connectivity index (χ1v) is 4.18. The fraction of sp³-hybridized carbons (Fsp3) is 0.889. The number of carbonyl (C=O) groups excluding carboxylic acids is 1. The van der Waals surface area contributed by atoms with Crippen LogP contribution in [-0.4, -0.2) is 29.3 Å². The highest BCUT2D eigenvalue weighted by atomic mass is 16.1. The van der Waals surface area contributed by atoms with E-state index in [1.165, 1.54) is 0 Å². The van der Waals surface area contributed by atoms with Crippen LogP contribution in [-0.2, 0) is 4.79 Å². The summed E-state index contributed by atoms with van der Waals surface area (Å²) in [6.07, 6.45) is 1.01. The summed E-state index contributed by atoms with van der Waals surface area (Å²) in [7, 11) is 0. The topological polar surface area (TPSA) is 20.3 Å². The van der Waals surface area contributed by atoms with E-state index in [1.54, 1.807) is 0 Å². The van der Waals surface area contributed by atoms with Gasteiger partial charge in [0.1, 0.15) is 6.29 Å². The highest BCUT2D eigenvalue weighted by molar-refractivity contribution is 5.62. The van der Waals surface area contributed by atoms with Gasteiger partial charge in [-0.25, -0.2) is 0 Å². The van der Waals surface area contributed by atoms with Crippen molar-refractivity contribution in [1.29, 1.82) is 0 Å². The van der Waals surface area contributed by atoms with E-state index >= 15 is 0 Å². The molecular weight excluding hydrogens is 138 g/mol. The summed E-state index contributed by atoms with van der Waals surface area (Å²) in [5.74, 6) is 0. The first-order valence-electron chi connectivity index (χ1n) is 4.18. The molecule has 0 aromatic heterocycles. The summed E-state index contributed by atoms with van der Waals surface area (Å²) >= 11 is 0. The van der Waals surface area contributed by atoms with Gasteiger partial charge in [-0.3, -0.25) is 4.90 Å². The highest BCUT2D eigenvalue weighted by Crippen LogP contribution is 2.14. The van der Waals surface area contributed by atoms with Gasteiger partial charge < -0.3 is 4.79 Å². The number of nitrogens with zero attached hydrogens (tertiary/aromatic N) is 1. The summed E-state index contributed by atoms with van der Waals surface area (Å²) in [4.78, 5) is 12.9. The lowest BCUT2D eigenvalue weighted by molar-refractivity contribution is -0.117. The normalized spacial score (nSPS) is 12.6. The molecular formula is C9H19NO. The minimum absolute atomic E-state index is 0.317. The Bertz CT molecular complexity index is 130. The highest BCUT2D eigenvalue weighted by Gasteiger charge is 2.26. The van der Waals surface area contributed by atoms with Crippen molar-refractivity contribution < 1.29 is 4.79 Å². The van der Waals surface area contributed by atoms with E-state index in [-0.39, 0.29) is 5.54 Å². The Balaban J connectivity index is 4.35. The zero-order valence-electron chi connectivity index (χ0n) is 8.22. The van der Waals surface area contributed by atoms with Crippen LogP contribution in [0.2, 0.25) is 0 Å². The summed E-state index contributed by atoms with van der Waals surface area (Å²) in [6, 6.07) is 0.431. The molecule has 0 amide bonds. The predicted molar refractivity (Wildman–Crippen MR) is 47.7 cm³/mol. The molecule has 0 rings (SSSR count). The lowest BCUT2D eigenvalue weighted by Crippen LogP contribution is -2.48. The lowest BCUT2D eigenvalue weighted by atomic mass is 10.0. The Morgan fingerprint density at radius 3 is 2.00 bits per heavy atom. The molecule has 11 heavy (non-hydrogen) atoms. The number of carbonyl (C=O) groups is 1. The maximum atomic E-state index is 10.7. The average Bonchev–Trinajstić information content (AvgIpc) is 1.88. The van der Waals surface area contributed by atoms with Crippen molar-refractivity contribution in [2.75, 3.05) is 6.54 Å². The average molecular weight is 157 g/mol. The molecule has 0 spiro atoms. The Hall–Kier alpha value is -0.370. The molecule has 0 bridgehead atoms. The van der Waals surface area contributed by atoms with E-state index in [9.17, 15) is 4.79 Å². The van der Waals surface area contributed by atoms with Crippen LogP contribution in [0.3, 0.4) is 0 Å². The second-order valence-electron chi connectivity index (χ2n) is 3.65. The Labute approximate surface area is 69.6 Å². The van der Waals surface area contributed by atoms with Crippen LogP contribution >= 0.6 is 0 Å². The number of aldehydes is 1. The summed E-state index contributed by atoms with van der Waals surface area (Å²) < 4.78 is 0. The molecule has 0 aliphatic carbocycles. The maximum absolute atomic E-state index is 10.7. The van der Waals surface area contributed by atoms with Crippen LogP contribution in [0.25, 0.3) is 0 Å². The minimum Gasteiger partial charge on any atom is -0.301 e. The lowest BCUT2D eigenvalue weighted by Gasteiger charge is -2.36. The van der Waals surface area contributed by atoms with Crippen molar-refractivity contribution in [3.63, 3.8) is 0 Å². The van der Waals surface area contributed by atoms with Gasteiger partial charge in [-0.1, -0.05) is 6.92 Å². The van der Waals surface area contributed by atoms with Gasteiger partial charge in [0.05, 0.1) is 5.54 Å². The van der Waals surface area contributed by atoms with Crippen molar-refractivity contribution in [3.05, 3.63) is 0 Å². The van der Waals surface area contributed by atoms with Crippen molar-refractivity contribution in [2.24, 2.45) is 0 Å². The predicted octanol–water partition coefficient (Wildman–Crippen LogP) is 1.69. The van der Waals surface area contributed by atoms with E-state index in [4.69, 9.17) is 0 Å². The Morgan fingerprint density at radius 1 is 1.45 bits per heavy atom. The second kappa shape index (κ2) is 3.86. The number of hydrogen-bond donors (Lipinski definition) is 0. The largest absolute Gasteiger partial charge is 0.301 e. The molecule has 0 aliphatic heterocycles. The molecule has 0 unspecified atom stereocenters. The second-order valence-corrected chi connectivity index (χ2v) is 3.65. The third-order valence-corrected chi connectivity index (χ3v) is 1.99. The Kier molecular flexibility index (Phi) is 3.73. The summed E-state index contributed by atoms with van der Waals surface area (Å²) in [5.41, 5.74) is -0.317. The molecule has 0 aliphatic rings. The van der Waals surface area contributed by atoms with Crippen molar-refractivity contribution in [1.82, 2.24) is 4.90 Å². The molecule has 0 saturated carbocycles. The van der Waals surface area contributed by atoms with Gasteiger partial charge in [-0.2, -0.15) is 0 Å². The summed E-state index contributed by atoms with van der Waals surface area (Å²) in [5, 5.41) is 0. The molecule has 0 N–H and O–H groups in total. The van der Waals surface area contributed by atoms with Gasteiger partial charge in [-0.05, 0) is 34.2 Å². The molecule has 0 aromatic rings. The number of likely N-dealkylation sites (N-methyl/N-ethyl adjacent to an activating group) is 1. The van der Waals surface area contributed by atoms with E-state index in [2.05, 4.69) is 25.7 Å². The SMILES string of the molecule is CCN(C(C)C)C(C)(C)C=O. The van der Waals surface area contributed by atoms with E-state index in [0.29, 0.717) is 6.04 Å². The van der Waals surface area contributed by atoms with Gasteiger partial charge in [0.2, 0.25) is 0 Å². The monoisotopic (exact) mass is 157 g/mol. The van der Waals surface area contributed by atoms with Crippen molar-refractivity contribution in [2.45, 2.75) is 46.2 Å². The van der Waals surface area contributed by atoms with Gasteiger partial charge in [-0.15, -0.1) is 0 Å². The number of hydrogen-bond acceptors (Lipinski definition) is 2.